The van der Waals surface area contributed by atoms with E-state index in [1.807, 2.05) is 13.8 Å². The Bertz CT molecular complexity index is 564. The van der Waals surface area contributed by atoms with Gasteiger partial charge in [0.25, 0.3) is 0 Å². The largest absolute Gasteiger partial charge is 0.367 e. The van der Waals surface area contributed by atoms with E-state index in [1.54, 1.807) is 0 Å². The first-order valence-electron chi connectivity index (χ1n) is 5.69. The van der Waals surface area contributed by atoms with Crippen molar-refractivity contribution in [3.63, 3.8) is 0 Å². The molecule has 0 amide bonds. The molecule has 2 rings (SSSR count). The molecule has 0 aliphatic heterocycles. The molecule has 1 aromatic carbocycles. The van der Waals surface area contributed by atoms with Gasteiger partial charge in [0, 0.05) is 11.1 Å². The summed E-state index contributed by atoms with van der Waals surface area (Å²) in [6.07, 6.45) is 0.598. The molecule has 0 unspecified atom stereocenters. The third-order valence-electron chi connectivity index (χ3n) is 2.64. The van der Waals surface area contributed by atoms with Gasteiger partial charge >= 0.3 is 0 Å². The number of aromatic nitrogens is 1. The van der Waals surface area contributed by atoms with Crippen LogP contribution < -0.4 is 5.73 Å². The van der Waals surface area contributed by atoms with E-state index in [0.29, 0.717) is 17.9 Å². The van der Waals surface area contributed by atoms with Gasteiger partial charge in [0.05, 0.1) is 0 Å². The Morgan fingerprint density at radius 2 is 2.06 bits per heavy atom. The molecule has 0 saturated carbocycles. The number of nitrogens with two attached hydrogens (primary N) is 1. The van der Waals surface area contributed by atoms with Crippen molar-refractivity contribution in [2.45, 2.75) is 20.3 Å². The predicted octanol–water partition coefficient (Wildman–Crippen LogP) is 3.40. The van der Waals surface area contributed by atoms with Crippen molar-refractivity contribution in [2.24, 2.45) is 5.92 Å². The highest BCUT2D eigenvalue weighted by Gasteiger charge is 2.20. The van der Waals surface area contributed by atoms with Crippen molar-refractivity contribution in [1.82, 2.24) is 5.16 Å². The zero-order valence-electron chi connectivity index (χ0n) is 10.2. The average molecular weight is 252 g/mol. The van der Waals surface area contributed by atoms with E-state index in [9.17, 15) is 8.78 Å². The molecule has 5 heteroatoms. The van der Waals surface area contributed by atoms with Gasteiger partial charge in [-0.05, 0) is 24.5 Å². The van der Waals surface area contributed by atoms with Gasteiger partial charge in [-0.1, -0.05) is 25.1 Å². The summed E-state index contributed by atoms with van der Waals surface area (Å²) in [5.74, 6) is -1.38. The van der Waals surface area contributed by atoms with Crippen molar-refractivity contribution in [3.05, 3.63) is 35.4 Å². The lowest BCUT2D eigenvalue weighted by molar-refractivity contribution is 0.437. The van der Waals surface area contributed by atoms with Crippen LogP contribution in [0.3, 0.4) is 0 Å². The van der Waals surface area contributed by atoms with Gasteiger partial charge < -0.3 is 10.3 Å². The lowest BCUT2D eigenvalue weighted by atomic mass is 9.99. The van der Waals surface area contributed by atoms with Crippen LogP contribution in [0.25, 0.3) is 11.3 Å². The van der Waals surface area contributed by atoms with Crippen LogP contribution in [0.5, 0.6) is 0 Å². The van der Waals surface area contributed by atoms with E-state index in [0.717, 1.165) is 6.07 Å². The first kappa shape index (κ1) is 12.5. The number of anilines is 1. The quantitative estimate of drug-likeness (QED) is 0.910. The summed E-state index contributed by atoms with van der Waals surface area (Å²) in [4.78, 5) is 0. The molecule has 0 bridgehead atoms. The van der Waals surface area contributed by atoms with Crippen LogP contribution in [0.2, 0.25) is 0 Å². The Labute approximate surface area is 104 Å². The number of halogens is 2. The minimum Gasteiger partial charge on any atom is -0.367 e. The maximum Gasteiger partial charge on any atom is 0.225 e. The Kier molecular flexibility index (Phi) is 3.32. The summed E-state index contributed by atoms with van der Waals surface area (Å²) in [5, 5.41) is 3.73. The van der Waals surface area contributed by atoms with Crippen LogP contribution >= 0.6 is 0 Å². The number of nitrogens with zero attached hydrogens (tertiary/aromatic N) is 1. The molecule has 3 nitrogen and oxygen atoms in total. The Morgan fingerprint density at radius 3 is 2.72 bits per heavy atom. The number of hydrogen-bond donors (Lipinski definition) is 1. The van der Waals surface area contributed by atoms with Crippen LogP contribution in [-0.2, 0) is 6.42 Å². The van der Waals surface area contributed by atoms with Crippen molar-refractivity contribution < 1.29 is 13.3 Å². The standard InChI is InChI=1S/C13H14F2N2O/c1-7(2)6-9-12(17-18-13(9)16)8-4-3-5-10(14)11(8)15/h3-5,7H,6,16H2,1-2H3. The molecule has 0 radical (unpaired) electrons. The molecule has 0 fully saturated rings. The highest BCUT2D eigenvalue weighted by Crippen LogP contribution is 2.31. The molecule has 18 heavy (non-hydrogen) atoms. The molecule has 1 aromatic heterocycles. The van der Waals surface area contributed by atoms with E-state index < -0.39 is 11.6 Å². The van der Waals surface area contributed by atoms with Crippen LogP contribution in [-0.4, -0.2) is 5.16 Å². The Balaban J connectivity index is 2.54. The smallest absolute Gasteiger partial charge is 0.225 e. The topological polar surface area (TPSA) is 52.0 Å². The fraction of sp³-hybridized carbons (Fsp3) is 0.308. The van der Waals surface area contributed by atoms with Crippen molar-refractivity contribution in [2.75, 3.05) is 5.73 Å². The van der Waals surface area contributed by atoms with E-state index in [1.165, 1.54) is 12.1 Å². The zero-order chi connectivity index (χ0) is 13.3. The second-order valence-corrected chi connectivity index (χ2v) is 4.57. The van der Waals surface area contributed by atoms with Crippen molar-refractivity contribution in [3.8, 4) is 11.3 Å². The number of benzene rings is 1. The molecular weight excluding hydrogens is 238 g/mol. The molecule has 1 heterocycles. The third kappa shape index (κ3) is 2.20. The highest BCUT2D eigenvalue weighted by atomic mass is 19.2. The van der Waals surface area contributed by atoms with E-state index in [4.69, 9.17) is 10.3 Å². The van der Waals surface area contributed by atoms with Crippen LogP contribution in [0.15, 0.2) is 22.7 Å². The molecule has 0 aliphatic carbocycles. The second-order valence-electron chi connectivity index (χ2n) is 4.57. The van der Waals surface area contributed by atoms with Crippen molar-refractivity contribution in [1.29, 1.82) is 0 Å². The summed E-state index contributed by atoms with van der Waals surface area (Å²) in [7, 11) is 0. The first-order valence-corrected chi connectivity index (χ1v) is 5.69. The molecule has 0 atom stereocenters. The van der Waals surface area contributed by atoms with Crippen LogP contribution in [0, 0.1) is 17.6 Å². The summed E-state index contributed by atoms with van der Waals surface area (Å²) in [6.45, 7) is 4.00. The maximum atomic E-state index is 13.7. The SMILES string of the molecule is CC(C)Cc1c(-c2cccc(F)c2F)noc1N. The molecule has 0 aliphatic rings. The van der Waals surface area contributed by atoms with Crippen LogP contribution in [0.4, 0.5) is 14.7 Å². The van der Waals surface area contributed by atoms with Gasteiger partial charge in [0.15, 0.2) is 11.6 Å². The predicted molar refractivity (Wildman–Crippen MR) is 64.8 cm³/mol. The van der Waals surface area contributed by atoms with Gasteiger partial charge in [-0.15, -0.1) is 0 Å². The van der Waals surface area contributed by atoms with Crippen LogP contribution in [0.1, 0.15) is 19.4 Å². The van der Waals surface area contributed by atoms with Gasteiger partial charge in [-0.2, -0.15) is 0 Å². The molecule has 0 saturated heterocycles. The summed E-state index contributed by atoms with van der Waals surface area (Å²) in [6, 6.07) is 3.95. The van der Waals surface area contributed by atoms with E-state index in [-0.39, 0.29) is 17.1 Å². The fourth-order valence-electron chi connectivity index (χ4n) is 1.83. The molecule has 2 N–H and O–H groups in total. The molecule has 2 aromatic rings. The fourth-order valence-corrected chi connectivity index (χ4v) is 1.83. The number of hydrogen-bond acceptors (Lipinski definition) is 3. The van der Waals surface area contributed by atoms with E-state index in [2.05, 4.69) is 5.16 Å². The van der Waals surface area contributed by atoms with E-state index >= 15 is 0 Å². The molecule has 0 spiro atoms. The lowest BCUT2D eigenvalue weighted by Gasteiger charge is -2.06. The highest BCUT2D eigenvalue weighted by molar-refractivity contribution is 5.67. The summed E-state index contributed by atoms with van der Waals surface area (Å²) < 4.78 is 31.8. The number of rotatable bonds is 3. The van der Waals surface area contributed by atoms with Gasteiger partial charge in [0.2, 0.25) is 5.88 Å². The maximum absolute atomic E-state index is 13.7. The number of nitrogen functional groups attached to an aromatic ring is 1. The minimum absolute atomic E-state index is 0.0751. The molecule has 96 valence electrons. The second kappa shape index (κ2) is 4.76. The monoisotopic (exact) mass is 252 g/mol. The summed E-state index contributed by atoms with van der Waals surface area (Å²) in [5.41, 5.74) is 6.64. The Hall–Kier alpha value is -1.91. The van der Waals surface area contributed by atoms with Gasteiger partial charge in [-0.3, -0.25) is 0 Å². The van der Waals surface area contributed by atoms with Crippen molar-refractivity contribution >= 4 is 5.88 Å². The average Bonchev–Trinajstić information content (AvgIpc) is 2.64. The van der Waals surface area contributed by atoms with Gasteiger partial charge in [-0.25, -0.2) is 8.78 Å². The third-order valence-corrected chi connectivity index (χ3v) is 2.64. The zero-order valence-corrected chi connectivity index (χ0v) is 10.2. The Morgan fingerprint density at radius 1 is 1.33 bits per heavy atom. The first-order chi connectivity index (χ1) is 8.50. The summed E-state index contributed by atoms with van der Waals surface area (Å²) >= 11 is 0. The minimum atomic E-state index is -0.934. The normalized spacial score (nSPS) is 11.2. The molecular formula is C13H14F2N2O. The lowest BCUT2D eigenvalue weighted by Crippen LogP contribution is -2.00. The van der Waals surface area contributed by atoms with Gasteiger partial charge in [0.1, 0.15) is 5.69 Å².